The molecule has 8 nitrogen and oxygen atoms in total. The molecule has 1 N–H and O–H groups in total. The van der Waals surface area contributed by atoms with E-state index < -0.39 is 0 Å². The maximum atomic E-state index is 13.2. The zero-order valence-corrected chi connectivity index (χ0v) is 16.8. The number of hydrogen-bond acceptors (Lipinski definition) is 5. The molecule has 0 bridgehead atoms. The molecule has 1 atom stereocenters. The van der Waals surface area contributed by atoms with Gasteiger partial charge < -0.3 is 23.9 Å². The number of furan rings is 1. The van der Waals surface area contributed by atoms with Gasteiger partial charge in [-0.05, 0) is 19.9 Å². The number of amides is 2. The van der Waals surface area contributed by atoms with Crippen LogP contribution in [-0.4, -0.2) is 53.1 Å². The van der Waals surface area contributed by atoms with Gasteiger partial charge in [-0.1, -0.05) is 18.2 Å². The van der Waals surface area contributed by atoms with Gasteiger partial charge in [0, 0.05) is 43.9 Å². The van der Waals surface area contributed by atoms with Crippen molar-refractivity contribution in [2.45, 2.75) is 26.4 Å². The highest BCUT2D eigenvalue weighted by atomic mass is 16.5. The van der Waals surface area contributed by atoms with Gasteiger partial charge >= 0.3 is 0 Å². The van der Waals surface area contributed by atoms with Crippen LogP contribution in [0.5, 0.6) is 0 Å². The van der Waals surface area contributed by atoms with Gasteiger partial charge in [-0.25, -0.2) is 4.98 Å². The summed E-state index contributed by atoms with van der Waals surface area (Å²) in [5, 5.41) is 3.71. The maximum Gasteiger partial charge on any atom is 0.290 e. The lowest BCUT2D eigenvalue weighted by Crippen LogP contribution is -2.41. The van der Waals surface area contributed by atoms with Crippen molar-refractivity contribution < 1.29 is 18.7 Å². The van der Waals surface area contributed by atoms with E-state index in [0.29, 0.717) is 49.1 Å². The number of fused-ring (bicyclic) bond motifs is 2. The monoisotopic (exact) mass is 396 g/mol. The number of aromatic nitrogens is 2. The lowest BCUT2D eigenvalue weighted by molar-refractivity contribution is 0.0606. The summed E-state index contributed by atoms with van der Waals surface area (Å²) in [5.41, 5.74) is 1.89. The molecule has 8 heteroatoms. The van der Waals surface area contributed by atoms with Crippen LogP contribution in [0.4, 0.5) is 0 Å². The van der Waals surface area contributed by atoms with Crippen LogP contribution in [0, 0.1) is 6.92 Å². The van der Waals surface area contributed by atoms with Crippen LogP contribution in [0.25, 0.3) is 11.0 Å². The number of rotatable bonds is 5. The Morgan fingerprint density at radius 1 is 1.31 bits per heavy atom. The second-order valence-electron chi connectivity index (χ2n) is 7.15. The molecule has 4 rings (SSSR count). The predicted molar refractivity (Wildman–Crippen MR) is 107 cm³/mol. The Balaban J connectivity index is 1.56. The third-order valence-corrected chi connectivity index (χ3v) is 5.35. The van der Waals surface area contributed by atoms with E-state index in [2.05, 4.69) is 10.3 Å². The third kappa shape index (κ3) is 3.40. The summed E-state index contributed by atoms with van der Waals surface area (Å²) < 4.78 is 12.7. The van der Waals surface area contributed by atoms with E-state index in [-0.39, 0.29) is 17.9 Å². The molecule has 29 heavy (non-hydrogen) atoms. The highest BCUT2D eigenvalue weighted by Crippen LogP contribution is 2.30. The standard InChI is InChI=1S/C21H24N4O4/c1-13-15-6-4-5-7-17(15)29-18(13)21(27)25-10-9-24-12-16(23-19(24)14(25)2)20(26)22-8-11-28-3/h4-7,12,14H,8-11H2,1-3H3,(H,22,26)/t14-/m1/s1. The average molecular weight is 396 g/mol. The minimum Gasteiger partial charge on any atom is -0.451 e. The Bertz CT molecular complexity index is 1070. The fourth-order valence-corrected chi connectivity index (χ4v) is 3.74. The third-order valence-electron chi connectivity index (χ3n) is 5.35. The number of imidazole rings is 1. The van der Waals surface area contributed by atoms with Gasteiger partial charge in [0.25, 0.3) is 11.8 Å². The topological polar surface area (TPSA) is 89.6 Å². The quantitative estimate of drug-likeness (QED) is 0.670. The van der Waals surface area contributed by atoms with Crippen molar-refractivity contribution in [3.8, 4) is 0 Å². The fraction of sp³-hybridized carbons (Fsp3) is 0.381. The molecule has 1 aromatic carbocycles. The normalized spacial score (nSPS) is 16.1. The number of hydrogen-bond donors (Lipinski definition) is 1. The summed E-state index contributed by atoms with van der Waals surface area (Å²) in [6.45, 7) is 5.77. The lowest BCUT2D eigenvalue weighted by Gasteiger charge is -2.33. The Kier molecular flexibility index (Phi) is 5.10. The van der Waals surface area contributed by atoms with Gasteiger partial charge in [-0.3, -0.25) is 9.59 Å². The zero-order valence-electron chi connectivity index (χ0n) is 16.8. The fourth-order valence-electron chi connectivity index (χ4n) is 3.74. The molecule has 0 radical (unpaired) electrons. The lowest BCUT2D eigenvalue weighted by atomic mass is 10.1. The number of carbonyl (C=O) groups is 2. The van der Waals surface area contributed by atoms with Crippen LogP contribution in [0.15, 0.2) is 34.9 Å². The molecule has 0 spiro atoms. The number of nitrogens with zero attached hydrogens (tertiary/aromatic N) is 3. The number of para-hydroxylation sites is 1. The Hall–Kier alpha value is -3.13. The predicted octanol–water partition coefficient (Wildman–Crippen LogP) is 2.53. The van der Waals surface area contributed by atoms with Gasteiger partial charge in [0.05, 0.1) is 12.6 Å². The highest BCUT2D eigenvalue weighted by molar-refractivity contribution is 5.99. The smallest absolute Gasteiger partial charge is 0.290 e. The molecule has 152 valence electrons. The van der Waals surface area contributed by atoms with Crippen molar-refractivity contribution in [3.05, 3.63) is 53.3 Å². The van der Waals surface area contributed by atoms with E-state index in [1.807, 2.05) is 42.7 Å². The number of benzene rings is 1. The van der Waals surface area contributed by atoms with E-state index in [0.717, 1.165) is 10.9 Å². The number of methoxy groups -OCH3 is 1. The van der Waals surface area contributed by atoms with E-state index in [1.165, 1.54) is 0 Å². The van der Waals surface area contributed by atoms with E-state index in [1.54, 1.807) is 18.2 Å². The van der Waals surface area contributed by atoms with Crippen LogP contribution in [-0.2, 0) is 11.3 Å². The summed E-state index contributed by atoms with van der Waals surface area (Å²) in [5.74, 6) is 0.638. The zero-order chi connectivity index (χ0) is 20.5. The molecule has 1 aliphatic rings. The van der Waals surface area contributed by atoms with Crippen LogP contribution in [0.2, 0.25) is 0 Å². The summed E-state index contributed by atoms with van der Waals surface area (Å²) in [4.78, 5) is 31.8. The van der Waals surface area contributed by atoms with Crippen LogP contribution >= 0.6 is 0 Å². The molecule has 3 heterocycles. The summed E-state index contributed by atoms with van der Waals surface area (Å²) in [7, 11) is 1.58. The second kappa shape index (κ2) is 7.71. The Morgan fingerprint density at radius 2 is 2.10 bits per heavy atom. The van der Waals surface area contributed by atoms with Crippen molar-refractivity contribution in [1.82, 2.24) is 19.8 Å². The highest BCUT2D eigenvalue weighted by Gasteiger charge is 2.33. The van der Waals surface area contributed by atoms with Crippen LogP contribution < -0.4 is 5.32 Å². The van der Waals surface area contributed by atoms with Crippen molar-refractivity contribution in [1.29, 1.82) is 0 Å². The van der Waals surface area contributed by atoms with Gasteiger partial charge in [0.1, 0.15) is 17.1 Å². The molecule has 3 aromatic rings. The molecule has 0 fully saturated rings. The van der Waals surface area contributed by atoms with Crippen LogP contribution in [0.1, 0.15) is 45.4 Å². The minimum absolute atomic E-state index is 0.161. The number of ether oxygens (including phenoxy) is 1. The molecular formula is C21H24N4O4. The average Bonchev–Trinajstić information content (AvgIpc) is 3.30. The minimum atomic E-state index is -0.274. The summed E-state index contributed by atoms with van der Waals surface area (Å²) >= 11 is 0. The number of carbonyl (C=O) groups excluding carboxylic acids is 2. The van der Waals surface area contributed by atoms with E-state index in [4.69, 9.17) is 9.15 Å². The number of nitrogens with one attached hydrogen (secondary N) is 1. The van der Waals surface area contributed by atoms with Gasteiger partial charge in [0.2, 0.25) is 0 Å². The second-order valence-corrected chi connectivity index (χ2v) is 7.15. The molecule has 0 saturated carbocycles. The molecule has 1 aliphatic heterocycles. The van der Waals surface area contributed by atoms with Crippen molar-refractivity contribution in [2.75, 3.05) is 26.8 Å². The first-order valence-corrected chi connectivity index (χ1v) is 9.64. The SMILES string of the molecule is COCCNC(=O)c1cn2c(n1)[C@@H](C)N(C(=O)c1oc3ccccc3c1C)CC2. The van der Waals surface area contributed by atoms with Crippen molar-refractivity contribution >= 4 is 22.8 Å². The maximum absolute atomic E-state index is 13.2. The molecule has 2 aromatic heterocycles. The molecule has 2 amide bonds. The van der Waals surface area contributed by atoms with Gasteiger partial charge in [-0.15, -0.1) is 0 Å². The molecule has 0 saturated heterocycles. The first-order valence-electron chi connectivity index (χ1n) is 9.64. The van der Waals surface area contributed by atoms with Gasteiger partial charge in [-0.2, -0.15) is 0 Å². The number of aryl methyl sites for hydroxylation is 1. The Morgan fingerprint density at radius 3 is 2.86 bits per heavy atom. The summed E-state index contributed by atoms with van der Waals surface area (Å²) in [6, 6.07) is 7.35. The summed E-state index contributed by atoms with van der Waals surface area (Å²) in [6.07, 6.45) is 1.74. The first kappa shape index (κ1) is 19.2. The molecule has 0 unspecified atom stereocenters. The molecular weight excluding hydrogens is 372 g/mol. The first-order chi connectivity index (χ1) is 14.0. The Labute approximate surface area is 168 Å². The largest absolute Gasteiger partial charge is 0.451 e. The van der Waals surface area contributed by atoms with Crippen molar-refractivity contribution in [2.24, 2.45) is 0 Å². The van der Waals surface area contributed by atoms with Crippen molar-refractivity contribution in [3.63, 3.8) is 0 Å². The molecule has 0 aliphatic carbocycles. The van der Waals surface area contributed by atoms with E-state index >= 15 is 0 Å². The van der Waals surface area contributed by atoms with Crippen LogP contribution in [0.3, 0.4) is 0 Å². The van der Waals surface area contributed by atoms with Gasteiger partial charge in [0.15, 0.2) is 5.76 Å². The van der Waals surface area contributed by atoms with E-state index in [9.17, 15) is 9.59 Å².